The van der Waals surface area contributed by atoms with Gasteiger partial charge in [0, 0.05) is 19.1 Å². The molecule has 0 saturated heterocycles. The predicted octanol–water partition coefficient (Wildman–Crippen LogP) is 3.07. The molecule has 2 atom stereocenters. The molecule has 18 heavy (non-hydrogen) atoms. The summed E-state index contributed by atoms with van der Waals surface area (Å²) in [7, 11) is 0. The molecule has 1 aliphatic heterocycles. The van der Waals surface area contributed by atoms with Crippen molar-refractivity contribution in [2.75, 3.05) is 0 Å². The van der Waals surface area contributed by atoms with Gasteiger partial charge in [0.05, 0.1) is 6.61 Å². The molecule has 2 nitrogen and oxygen atoms in total. The molecule has 98 valence electrons. The third-order valence-electron chi connectivity index (χ3n) is 4.74. The second-order valence-corrected chi connectivity index (χ2v) is 6.00. The van der Waals surface area contributed by atoms with Gasteiger partial charge in [-0.1, -0.05) is 38.0 Å². The van der Waals surface area contributed by atoms with Gasteiger partial charge in [0.1, 0.15) is 0 Å². The van der Waals surface area contributed by atoms with E-state index in [0.29, 0.717) is 0 Å². The van der Waals surface area contributed by atoms with Crippen molar-refractivity contribution in [3.8, 4) is 0 Å². The van der Waals surface area contributed by atoms with E-state index >= 15 is 0 Å². The highest BCUT2D eigenvalue weighted by Crippen LogP contribution is 2.34. The lowest BCUT2D eigenvalue weighted by atomic mass is 9.85. The number of benzene rings is 1. The number of aliphatic hydroxyl groups is 1. The smallest absolute Gasteiger partial charge is 0.0681 e. The Morgan fingerprint density at radius 1 is 1.17 bits per heavy atom. The third kappa shape index (κ3) is 2.19. The summed E-state index contributed by atoms with van der Waals surface area (Å²) >= 11 is 0. The van der Waals surface area contributed by atoms with Crippen molar-refractivity contribution in [1.82, 2.24) is 4.90 Å². The highest BCUT2D eigenvalue weighted by atomic mass is 16.3. The summed E-state index contributed by atoms with van der Waals surface area (Å²) in [6.07, 6.45) is 5.55. The second kappa shape index (κ2) is 5.02. The zero-order valence-corrected chi connectivity index (χ0v) is 11.2. The van der Waals surface area contributed by atoms with Crippen molar-refractivity contribution in [3.63, 3.8) is 0 Å². The fraction of sp³-hybridized carbons (Fsp3) is 0.625. The molecule has 2 aliphatic rings. The van der Waals surface area contributed by atoms with Gasteiger partial charge in [-0.3, -0.25) is 4.90 Å². The van der Waals surface area contributed by atoms with Crippen LogP contribution in [0.1, 0.15) is 49.3 Å². The predicted molar refractivity (Wildman–Crippen MR) is 73.0 cm³/mol. The molecule has 1 aliphatic carbocycles. The second-order valence-electron chi connectivity index (χ2n) is 6.00. The number of aliphatic hydroxyl groups excluding tert-OH is 1. The number of hydrogen-bond acceptors (Lipinski definition) is 2. The van der Waals surface area contributed by atoms with E-state index in [-0.39, 0.29) is 6.61 Å². The first-order valence-electron chi connectivity index (χ1n) is 7.23. The number of fused-ring (bicyclic) bond motifs is 1. The number of nitrogens with zero attached hydrogens (tertiary/aromatic N) is 1. The van der Waals surface area contributed by atoms with Crippen LogP contribution in [-0.4, -0.2) is 16.0 Å². The standard InChI is InChI=1S/C16H23NO/c1-12-4-2-3-5-16(12)17-9-14-7-6-13(11-18)8-15(14)10-17/h6-8,12,16,18H,2-5,9-11H2,1H3. The average molecular weight is 245 g/mol. The normalized spacial score (nSPS) is 28.3. The molecule has 1 fully saturated rings. The Morgan fingerprint density at radius 3 is 2.72 bits per heavy atom. The van der Waals surface area contributed by atoms with Crippen molar-refractivity contribution < 1.29 is 5.11 Å². The minimum absolute atomic E-state index is 0.160. The van der Waals surface area contributed by atoms with E-state index in [1.165, 1.54) is 36.8 Å². The molecule has 2 unspecified atom stereocenters. The minimum Gasteiger partial charge on any atom is -0.392 e. The molecule has 3 rings (SSSR count). The number of rotatable bonds is 2. The molecular weight excluding hydrogens is 222 g/mol. The Morgan fingerprint density at radius 2 is 1.94 bits per heavy atom. The van der Waals surface area contributed by atoms with Crippen molar-refractivity contribution in [1.29, 1.82) is 0 Å². The van der Waals surface area contributed by atoms with Crippen LogP contribution in [-0.2, 0) is 19.7 Å². The first-order valence-corrected chi connectivity index (χ1v) is 7.23. The largest absolute Gasteiger partial charge is 0.392 e. The zero-order chi connectivity index (χ0) is 12.5. The summed E-state index contributed by atoms with van der Waals surface area (Å²) in [4.78, 5) is 2.65. The Kier molecular flexibility index (Phi) is 3.40. The van der Waals surface area contributed by atoms with E-state index in [1.54, 1.807) is 0 Å². The van der Waals surface area contributed by atoms with Gasteiger partial charge < -0.3 is 5.11 Å². The lowest BCUT2D eigenvalue weighted by Gasteiger charge is -2.36. The van der Waals surface area contributed by atoms with Crippen molar-refractivity contribution in [2.45, 2.75) is 58.3 Å². The van der Waals surface area contributed by atoms with Crippen LogP contribution in [0, 0.1) is 5.92 Å². The summed E-state index contributed by atoms with van der Waals surface area (Å²) in [6, 6.07) is 7.22. The molecule has 1 heterocycles. The fourth-order valence-electron chi connectivity index (χ4n) is 3.65. The van der Waals surface area contributed by atoms with Gasteiger partial charge >= 0.3 is 0 Å². The first kappa shape index (κ1) is 12.2. The van der Waals surface area contributed by atoms with Crippen LogP contribution in [0.4, 0.5) is 0 Å². The highest BCUT2D eigenvalue weighted by Gasteiger charge is 2.30. The maximum absolute atomic E-state index is 9.21. The van der Waals surface area contributed by atoms with E-state index < -0.39 is 0 Å². The summed E-state index contributed by atoms with van der Waals surface area (Å²) in [6.45, 7) is 4.76. The van der Waals surface area contributed by atoms with Crippen LogP contribution in [0.2, 0.25) is 0 Å². The molecule has 1 aromatic carbocycles. The van der Waals surface area contributed by atoms with E-state index in [4.69, 9.17) is 0 Å². The topological polar surface area (TPSA) is 23.5 Å². The molecule has 1 saturated carbocycles. The van der Waals surface area contributed by atoms with Crippen LogP contribution in [0.25, 0.3) is 0 Å². The summed E-state index contributed by atoms with van der Waals surface area (Å²) in [5.41, 5.74) is 3.94. The van der Waals surface area contributed by atoms with Crippen LogP contribution >= 0.6 is 0 Å². The minimum atomic E-state index is 0.160. The first-order chi connectivity index (χ1) is 8.78. The van der Waals surface area contributed by atoms with E-state index in [1.807, 2.05) is 0 Å². The van der Waals surface area contributed by atoms with Crippen LogP contribution in [0.3, 0.4) is 0 Å². The molecule has 0 aromatic heterocycles. The van der Waals surface area contributed by atoms with E-state index in [0.717, 1.165) is 30.6 Å². The Hall–Kier alpha value is -0.860. The third-order valence-corrected chi connectivity index (χ3v) is 4.74. The van der Waals surface area contributed by atoms with Gasteiger partial charge in [0.2, 0.25) is 0 Å². The number of hydrogen-bond donors (Lipinski definition) is 1. The Bertz CT molecular complexity index is 429. The molecule has 2 heteroatoms. The quantitative estimate of drug-likeness (QED) is 0.865. The SMILES string of the molecule is CC1CCCCC1N1Cc2ccc(CO)cc2C1. The van der Waals surface area contributed by atoms with Crippen molar-refractivity contribution >= 4 is 0 Å². The van der Waals surface area contributed by atoms with Gasteiger partial charge in [0.25, 0.3) is 0 Å². The van der Waals surface area contributed by atoms with Crippen molar-refractivity contribution in [3.05, 3.63) is 34.9 Å². The maximum Gasteiger partial charge on any atom is 0.0681 e. The van der Waals surface area contributed by atoms with E-state index in [9.17, 15) is 5.11 Å². The zero-order valence-electron chi connectivity index (χ0n) is 11.2. The molecule has 1 N–H and O–H groups in total. The molecule has 0 amide bonds. The molecule has 0 spiro atoms. The van der Waals surface area contributed by atoms with Gasteiger partial charge in [0.15, 0.2) is 0 Å². The Labute approximate surface area is 110 Å². The fourth-order valence-corrected chi connectivity index (χ4v) is 3.65. The van der Waals surface area contributed by atoms with Gasteiger partial charge in [-0.15, -0.1) is 0 Å². The summed E-state index contributed by atoms with van der Waals surface area (Å²) in [5, 5.41) is 9.21. The summed E-state index contributed by atoms with van der Waals surface area (Å²) in [5.74, 6) is 0.838. The summed E-state index contributed by atoms with van der Waals surface area (Å²) < 4.78 is 0. The van der Waals surface area contributed by atoms with Gasteiger partial charge in [-0.2, -0.15) is 0 Å². The molecular formula is C16H23NO. The van der Waals surface area contributed by atoms with Crippen LogP contribution in [0.5, 0.6) is 0 Å². The average Bonchev–Trinajstić information content (AvgIpc) is 2.81. The van der Waals surface area contributed by atoms with Gasteiger partial charge in [-0.05, 0) is 35.4 Å². The molecule has 1 aromatic rings. The Balaban J connectivity index is 1.75. The lowest BCUT2D eigenvalue weighted by molar-refractivity contribution is 0.110. The lowest BCUT2D eigenvalue weighted by Crippen LogP contribution is -2.38. The van der Waals surface area contributed by atoms with E-state index in [2.05, 4.69) is 30.0 Å². The maximum atomic E-state index is 9.21. The monoisotopic (exact) mass is 245 g/mol. The van der Waals surface area contributed by atoms with Crippen LogP contribution < -0.4 is 0 Å². The molecule has 0 radical (unpaired) electrons. The van der Waals surface area contributed by atoms with Crippen LogP contribution in [0.15, 0.2) is 18.2 Å². The highest BCUT2D eigenvalue weighted by molar-refractivity contribution is 5.34. The van der Waals surface area contributed by atoms with Crippen molar-refractivity contribution in [2.24, 2.45) is 5.92 Å². The van der Waals surface area contributed by atoms with Gasteiger partial charge in [-0.25, -0.2) is 0 Å². The molecule has 0 bridgehead atoms.